The third-order valence-corrected chi connectivity index (χ3v) is 11.9. The minimum Gasteiger partial charge on any atom is -0.346 e. The minimum absolute atomic E-state index is 0.228. The highest BCUT2D eigenvalue weighted by atomic mass is 31.2. The van der Waals surface area contributed by atoms with E-state index in [4.69, 9.17) is 14.8 Å². The van der Waals surface area contributed by atoms with Crippen LogP contribution in [0.3, 0.4) is 0 Å². The van der Waals surface area contributed by atoms with Crippen molar-refractivity contribution in [2.75, 3.05) is 11.9 Å². The van der Waals surface area contributed by atoms with Crippen LogP contribution in [0.25, 0.3) is 0 Å². The molecule has 0 spiro atoms. The second-order valence-corrected chi connectivity index (χ2v) is 14.1. The summed E-state index contributed by atoms with van der Waals surface area (Å²) in [4.78, 5) is 7.11. The lowest BCUT2D eigenvalue weighted by atomic mass is 9.84. The van der Waals surface area contributed by atoms with Gasteiger partial charge in [-0.3, -0.25) is 4.74 Å². The van der Waals surface area contributed by atoms with Gasteiger partial charge in [-0.05, 0) is 36.8 Å². The fourth-order valence-corrected chi connectivity index (χ4v) is 10.5. The molecule has 1 atom stereocenters. The van der Waals surface area contributed by atoms with Crippen LogP contribution in [0.1, 0.15) is 37.1 Å². The van der Waals surface area contributed by atoms with Gasteiger partial charge in [-0.1, -0.05) is 68.4 Å². The molecule has 4 aromatic rings. The van der Waals surface area contributed by atoms with E-state index in [1.165, 1.54) is 6.07 Å². The van der Waals surface area contributed by atoms with E-state index < -0.39 is 24.2 Å². The number of hydrogen-bond acceptors (Lipinski definition) is 5. The maximum absolute atomic E-state index is 13.9. The van der Waals surface area contributed by atoms with E-state index in [9.17, 15) is 18.4 Å². The highest BCUT2D eigenvalue weighted by Gasteiger charge is 2.47. The molecule has 0 saturated carbocycles. The van der Waals surface area contributed by atoms with Crippen molar-refractivity contribution in [2.45, 2.75) is 45.3 Å². The first-order chi connectivity index (χ1) is 20.5. The molecule has 0 fully saturated rings. The zero-order chi connectivity index (χ0) is 30.6. The number of nitrogens with zero attached hydrogens (tertiary/aromatic N) is 6. The lowest BCUT2D eigenvalue weighted by Gasteiger charge is -2.35. The number of aryl methyl sites for hydroxylation is 2. The van der Waals surface area contributed by atoms with Gasteiger partial charge in [-0.15, -0.1) is 0 Å². The number of nitriles is 1. The standard InChI is InChI=1S/C33H30F3N6P/c1-22-29-31(42(39-22)19-11-18-37)38-21-28(30-32(2,3)26-16-8-9-17-27(26)41(30)4)43(29,25-14-6-5-7-15-25)40-24-13-10-12-23(20-24)33(34,35)36/h5-10,12-17,20-21H,11,19H2,1-4H3/b30-28+. The van der Waals surface area contributed by atoms with Gasteiger partial charge in [0.25, 0.3) is 0 Å². The second-order valence-electron chi connectivity index (χ2n) is 11.2. The van der Waals surface area contributed by atoms with Crippen LogP contribution in [-0.2, 0) is 18.1 Å². The predicted molar refractivity (Wildman–Crippen MR) is 166 cm³/mol. The second kappa shape index (κ2) is 10.4. The lowest BCUT2D eigenvalue weighted by molar-refractivity contribution is -0.137. The Hall–Kier alpha value is -4.41. The number of para-hydroxylation sites is 1. The fourth-order valence-electron chi connectivity index (χ4n) is 6.36. The molecule has 3 aromatic carbocycles. The highest BCUT2D eigenvalue weighted by Crippen LogP contribution is 2.64. The van der Waals surface area contributed by atoms with Crippen molar-refractivity contribution in [2.24, 2.45) is 9.74 Å². The lowest BCUT2D eigenvalue weighted by Crippen LogP contribution is -2.30. The molecule has 3 heterocycles. The Morgan fingerprint density at radius 1 is 1.00 bits per heavy atom. The van der Waals surface area contributed by atoms with Crippen molar-refractivity contribution in [3.05, 3.63) is 107 Å². The summed E-state index contributed by atoms with van der Waals surface area (Å²) in [6, 6.07) is 25.4. The number of aliphatic imine (C=N–C) groups is 1. The maximum Gasteiger partial charge on any atom is 0.416 e. The fraction of sp³-hybridized carbons (Fsp3) is 0.242. The molecule has 1 aromatic heterocycles. The first-order valence-electron chi connectivity index (χ1n) is 13.9. The molecule has 6 nitrogen and oxygen atoms in total. The number of hydrogen-bond donors (Lipinski definition) is 0. The number of anilines is 1. The van der Waals surface area contributed by atoms with Gasteiger partial charge < -0.3 is 4.90 Å². The number of halogens is 3. The molecule has 0 bridgehead atoms. The van der Waals surface area contributed by atoms with Crippen LogP contribution in [0.5, 0.6) is 0 Å². The first-order valence-corrected chi connectivity index (χ1v) is 15.7. The maximum atomic E-state index is 13.9. The summed E-state index contributed by atoms with van der Waals surface area (Å²) in [5, 5.41) is 16.7. The van der Waals surface area contributed by atoms with E-state index in [0.717, 1.165) is 45.0 Å². The normalized spacial score (nSPS) is 20.5. The molecule has 2 aliphatic heterocycles. The highest BCUT2D eigenvalue weighted by molar-refractivity contribution is 7.86. The molecule has 2 aliphatic rings. The quantitative estimate of drug-likeness (QED) is 0.224. The number of likely N-dealkylation sites (N-methyl/N-ethyl adjacent to an activating group) is 1. The van der Waals surface area contributed by atoms with E-state index in [1.807, 2.05) is 62.7 Å². The average Bonchev–Trinajstić information content (AvgIpc) is 3.42. The molecule has 1 unspecified atom stereocenters. The molecule has 43 heavy (non-hydrogen) atoms. The van der Waals surface area contributed by atoms with Crippen LogP contribution < -0.4 is 15.5 Å². The summed E-state index contributed by atoms with van der Waals surface area (Å²) in [7, 11) is -1.08. The molecule has 0 saturated heterocycles. The molecule has 10 heteroatoms. The number of aromatic nitrogens is 2. The van der Waals surface area contributed by atoms with Crippen molar-refractivity contribution >= 4 is 41.1 Å². The number of benzene rings is 3. The Bertz CT molecular complexity index is 1890. The molecule has 0 N–H and O–H groups in total. The summed E-state index contributed by atoms with van der Waals surface area (Å²) in [5.41, 5.74) is 2.88. The van der Waals surface area contributed by atoms with Crippen LogP contribution in [0, 0.1) is 18.3 Å². The third-order valence-electron chi connectivity index (χ3n) is 8.16. The van der Waals surface area contributed by atoms with Crippen molar-refractivity contribution in [3.63, 3.8) is 0 Å². The van der Waals surface area contributed by atoms with Crippen LogP contribution in [0.15, 0.2) is 99.6 Å². The molecule has 0 aliphatic carbocycles. The minimum atomic E-state index is -4.52. The van der Waals surface area contributed by atoms with Crippen LogP contribution in [0.4, 0.5) is 30.4 Å². The largest absolute Gasteiger partial charge is 0.416 e. The Morgan fingerprint density at radius 3 is 2.42 bits per heavy atom. The van der Waals surface area contributed by atoms with E-state index in [2.05, 4.69) is 36.9 Å². The van der Waals surface area contributed by atoms with Gasteiger partial charge in [-0.25, -0.2) is 9.67 Å². The Labute approximate surface area is 248 Å². The molecule has 0 radical (unpaired) electrons. The van der Waals surface area contributed by atoms with E-state index in [1.54, 1.807) is 10.7 Å². The third kappa shape index (κ3) is 4.52. The van der Waals surface area contributed by atoms with Gasteiger partial charge in [0.05, 0.1) is 48.3 Å². The monoisotopic (exact) mass is 598 g/mol. The number of rotatable bonds is 4. The number of allylic oxidation sites excluding steroid dienone is 2. The number of alkyl halides is 3. The summed E-state index contributed by atoms with van der Waals surface area (Å²) in [6.45, 7) is 6.55. The average molecular weight is 599 g/mol. The summed E-state index contributed by atoms with van der Waals surface area (Å²) < 4.78 is 48.8. The van der Waals surface area contributed by atoms with Crippen LogP contribution >= 0.6 is 7.05 Å². The van der Waals surface area contributed by atoms with Crippen molar-refractivity contribution in [1.82, 2.24) is 9.78 Å². The molecule has 218 valence electrons. The van der Waals surface area contributed by atoms with Crippen molar-refractivity contribution < 1.29 is 13.2 Å². The molecular weight excluding hydrogens is 568 g/mol. The summed E-state index contributed by atoms with van der Waals surface area (Å²) >= 11 is 0. The Kier molecular flexibility index (Phi) is 6.94. The van der Waals surface area contributed by atoms with Gasteiger partial charge >= 0.3 is 6.18 Å². The Morgan fingerprint density at radius 2 is 1.72 bits per heavy atom. The summed E-state index contributed by atoms with van der Waals surface area (Å²) in [5.74, 6) is 0.584. The SMILES string of the molecule is Cc1nn(CCC#N)c2c1P(=Nc1cccc(C(F)(F)F)c1)(c1ccccc1)/C(=C1/N(C)c3ccccc3C1(C)C)C=N2. The Balaban J connectivity index is 1.79. The van der Waals surface area contributed by atoms with Gasteiger partial charge in [0, 0.05) is 40.7 Å². The molecular formula is C33H30F3N6P. The van der Waals surface area contributed by atoms with Crippen LogP contribution in [0.2, 0.25) is 0 Å². The predicted octanol–water partition coefficient (Wildman–Crippen LogP) is 7.96. The van der Waals surface area contributed by atoms with Gasteiger partial charge in [0.2, 0.25) is 0 Å². The molecule has 0 amide bonds. The van der Waals surface area contributed by atoms with Gasteiger partial charge in [0.1, 0.15) is 0 Å². The van der Waals surface area contributed by atoms with Gasteiger partial charge in [-0.2, -0.15) is 23.5 Å². The zero-order valence-electron chi connectivity index (χ0n) is 24.3. The zero-order valence-corrected chi connectivity index (χ0v) is 25.2. The van der Waals surface area contributed by atoms with Crippen LogP contribution in [-0.4, -0.2) is 23.0 Å². The topological polar surface area (TPSA) is 69.6 Å². The van der Waals surface area contributed by atoms with E-state index in [-0.39, 0.29) is 12.1 Å². The van der Waals surface area contributed by atoms with Crippen molar-refractivity contribution in [3.8, 4) is 6.07 Å². The summed E-state index contributed by atoms with van der Waals surface area (Å²) in [6.07, 6.45) is -2.44. The smallest absolute Gasteiger partial charge is 0.346 e. The van der Waals surface area contributed by atoms with E-state index >= 15 is 0 Å². The molecule has 6 rings (SSSR count). The van der Waals surface area contributed by atoms with Crippen molar-refractivity contribution in [1.29, 1.82) is 5.26 Å². The van der Waals surface area contributed by atoms with E-state index in [0.29, 0.717) is 18.1 Å². The number of fused-ring (bicyclic) bond motifs is 2. The first kappa shape index (κ1) is 28.7. The van der Waals surface area contributed by atoms with Gasteiger partial charge in [0.15, 0.2) is 5.82 Å².